The number of nitrogens with one attached hydrogen (secondary N) is 1. The van der Waals surface area contributed by atoms with E-state index in [1.807, 2.05) is 38.1 Å². The number of carbonyl (C=O) groups is 1. The van der Waals surface area contributed by atoms with Gasteiger partial charge in [0.15, 0.2) is 0 Å². The SMILES string of the molecule is CCC(CNC(=O)CN(c1cc(C)ccc1OC)S(=O)(=O)c1ccc(C)cc1)Cc1ccccc1. The van der Waals surface area contributed by atoms with Gasteiger partial charge in [0.25, 0.3) is 10.0 Å². The lowest BCUT2D eigenvalue weighted by Gasteiger charge is -2.26. The fraction of sp³-hybridized carbons (Fsp3) is 0.321. The van der Waals surface area contributed by atoms with Gasteiger partial charge in [0, 0.05) is 6.54 Å². The van der Waals surface area contributed by atoms with Gasteiger partial charge in [0.2, 0.25) is 5.91 Å². The van der Waals surface area contributed by atoms with Gasteiger partial charge < -0.3 is 10.1 Å². The molecular formula is C28H34N2O4S. The van der Waals surface area contributed by atoms with E-state index in [0.29, 0.717) is 18.0 Å². The molecule has 1 unspecified atom stereocenters. The zero-order valence-electron chi connectivity index (χ0n) is 20.8. The second-order valence-corrected chi connectivity index (χ2v) is 10.6. The molecule has 0 aliphatic heterocycles. The van der Waals surface area contributed by atoms with Crippen molar-refractivity contribution in [1.29, 1.82) is 0 Å². The Labute approximate surface area is 209 Å². The zero-order chi connectivity index (χ0) is 25.4. The summed E-state index contributed by atoms with van der Waals surface area (Å²) in [5.41, 5.74) is 3.35. The molecule has 0 radical (unpaired) electrons. The van der Waals surface area contributed by atoms with E-state index >= 15 is 0 Å². The lowest BCUT2D eigenvalue weighted by molar-refractivity contribution is -0.119. The molecule has 0 spiro atoms. The molecule has 1 N–H and O–H groups in total. The van der Waals surface area contributed by atoms with Crippen molar-refractivity contribution >= 4 is 21.6 Å². The van der Waals surface area contributed by atoms with Crippen LogP contribution in [0.4, 0.5) is 5.69 Å². The highest BCUT2D eigenvalue weighted by molar-refractivity contribution is 7.92. The second-order valence-electron chi connectivity index (χ2n) is 8.77. The first kappa shape index (κ1) is 26.3. The lowest BCUT2D eigenvalue weighted by Crippen LogP contribution is -2.42. The van der Waals surface area contributed by atoms with Gasteiger partial charge in [-0.25, -0.2) is 8.42 Å². The second kappa shape index (κ2) is 11.9. The number of ether oxygens (including phenoxy) is 1. The van der Waals surface area contributed by atoms with Crippen LogP contribution in [0.2, 0.25) is 0 Å². The molecule has 0 aliphatic rings. The first-order chi connectivity index (χ1) is 16.7. The maximum atomic E-state index is 13.7. The highest BCUT2D eigenvalue weighted by Gasteiger charge is 2.29. The summed E-state index contributed by atoms with van der Waals surface area (Å²) in [6.07, 6.45) is 1.74. The van der Waals surface area contributed by atoms with Crippen LogP contribution in [0.1, 0.15) is 30.0 Å². The summed E-state index contributed by atoms with van der Waals surface area (Å²) in [6, 6.07) is 22.0. The van der Waals surface area contributed by atoms with Crippen molar-refractivity contribution in [3.8, 4) is 5.75 Å². The van der Waals surface area contributed by atoms with Crippen LogP contribution >= 0.6 is 0 Å². The molecule has 3 rings (SSSR count). The number of hydrogen-bond donors (Lipinski definition) is 1. The van der Waals surface area contributed by atoms with Crippen molar-refractivity contribution in [3.63, 3.8) is 0 Å². The number of anilines is 1. The topological polar surface area (TPSA) is 75.7 Å². The summed E-state index contributed by atoms with van der Waals surface area (Å²) in [4.78, 5) is 13.2. The van der Waals surface area contributed by atoms with E-state index in [2.05, 4.69) is 24.4 Å². The van der Waals surface area contributed by atoms with E-state index in [-0.39, 0.29) is 23.3 Å². The number of benzene rings is 3. The van der Waals surface area contributed by atoms with E-state index in [1.54, 1.807) is 36.4 Å². The highest BCUT2D eigenvalue weighted by Crippen LogP contribution is 2.33. The number of carbonyl (C=O) groups excluding carboxylic acids is 1. The van der Waals surface area contributed by atoms with Crippen LogP contribution < -0.4 is 14.4 Å². The quantitative estimate of drug-likeness (QED) is 0.412. The molecule has 0 saturated heterocycles. The minimum Gasteiger partial charge on any atom is -0.495 e. The predicted octanol–water partition coefficient (Wildman–Crippen LogP) is 4.89. The van der Waals surface area contributed by atoms with Crippen LogP contribution in [-0.2, 0) is 21.2 Å². The van der Waals surface area contributed by atoms with Gasteiger partial charge >= 0.3 is 0 Å². The molecule has 6 nitrogen and oxygen atoms in total. The van der Waals surface area contributed by atoms with Crippen LogP contribution in [-0.4, -0.2) is 34.5 Å². The van der Waals surface area contributed by atoms with Crippen molar-refractivity contribution in [2.24, 2.45) is 5.92 Å². The molecular weight excluding hydrogens is 460 g/mol. The smallest absolute Gasteiger partial charge is 0.264 e. The molecule has 3 aromatic carbocycles. The van der Waals surface area contributed by atoms with Crippen LogP contribution in [0.25, 0.3) is 0 Å². The monoisotopic (exact) mass is 494 g/mol. The number of rotatable bonds is 11. The third-order valence-corrected chi connectivity index (χ3v) is 7.81. The molecule has 0 aliphatic carbocycles. The highest BCUT2D eigenvalue weighted by atomic mass is 32.2. The molecule has 35 heavy (non-hydrogen) atoms. The largest absolute Gasteiger partial charge is 0.495 e. The number of methoxy groups -OCH3 is 1. The van der Waals surface area contributed by atoms with Gasteiger partial charge in [-0.1, -0.05) is 67.4 Å². The van der Waals surface area contributed by atoms with Crippen molar-refractivity contribution in [2.75, 3.05) is 24.5 Å². The maximum Gasteiger partial charge on any atom is 0.264 e. The average Bonchev–Trinajstić information content (AvgIpc) is 2.85. The third-order valence-electron chi connectivity index (χ3n) is 6.03. The van der Waals surface area contributed by atoms with Crippen LogP contribution in [0.3, 0.4) is 0 Å². The van der Waals surface area contributed by atoms with E-state index in [1.165, 1.54) is 12.7 Å². The minimum absolute atomic E-state index is 0.120. The number of nitrogens with zero attached hydrogens (tertiary/aromatic N) is 1. The number of sulfonamides is 1. The molecule has 3 aromatic rings. The molecule has 1 atom stereocenters. The third kappa shape index (κ3) is 6.85. The van der Waals surface area contributed by atoms with Crippen LogP contribution in [0, 0.1) is 19.8 Å². The van der Waals surface area contributed by atoms with Crippen molar-refractivity contribution in [3.05, 3.63) is 89.5 Å². The van der Waals surface area contributed by atoms with E-state index in [4.69, 9.17) is 4.74 Å². The Morgan fingerprint density at radius 3 is 2.26 bits per heavy atom. The predicted molar refractivity (Wildman–Crippen MR) is 140 cm³/mol. The fourth-order valence-electron chi connectivity index (χ4n) is 3.88. The van der Waals surface area contributed by atoms with Crippen LogP contribution in [0.15, 0.2) is 77.7 Å². The number of amides is 1. The summed E-state index contributed by atoms with van der Waals surface area (Å²) in [5, 5.41) is 2.95. The Morgan fingerprint density at radius 1 is 0.971 bits per heavy atom. The standard InChI is InChI=1S/C28H34N2O4S/c1-5-23(18-24-9-7-6-8-10-24)19-29-28(31)20-30(26-17-22(3)13-16-27(26)34-4)35(32,33)25-14-11-21(2)12-15-25/h6-17,23H,5,18-20H2,1-4H3,(H,29,31). The Balaban J connectivity index is 1.85. The zero-order valence-corrected chi connectivity index (χ0v) is 21.6. The average molecular weight is 495 g/mol. The molecule has 7 heteroatoms. The normalized spacial score (nSPS) is 12.1. The first-order valence-corrected chi connectivity index (χ1v) is 13.2. The molecule has 0 saturated carbocycles. The van der Waals surface area contributed by atoms with Crippen molar-refractivity contribution in [1.82, 2.24) is 5.32 Å². The van der Waals surface area contributed by atoms with Gasteiger partial charge in [-0.2, -0.15) is 0 Å². The Bertz CT molecular complexity index is 1230. The summed E-state index contributed by atoms with van der Waals surface area (Å²) < 4.78 is 34.0. The molecule has 1 amide bonds. The van der Waals surface area contributed by atoms with E-state index in [0.717, 1.165) is 28.3 Å². The molecule has 0 bridgehead atoms. The maximum absolute atomic E-state index is 13.7. The molecule has 0 fully saturated rings. The van der Waals surface area contributed by atoms with Gasteiger partial charge in [-0.3, -0.25) is 9.10 Å². The Morgan fingerprint density at radius 2 is 1.63 bits per heavy atom. The Hall–Kier alpha value is -3.32. The molecule has 186 valence electrons. The minimum atomic E-state index is -4.02. The van der Waals surface area contributed by atoms with Gasteiger partial charge in [0.05, 0.1) is 17.7 Å². The van der Waals surface area contributed by atoms with Gasteiger partial charge in [-0.15, -0.1) is 0 Å². The summed E-state index contributed by atoms with van der Waals surface area (Å²) >= 11 is 0. The van der Waals surface area contributed by atoms with Gasteiger partial charge in [0.1, 0.15) is 12.3 Å². The fourth-order valence-corrected chi connectivity index (χ4v) is 5.31. The Kier molecular flexibility index (Phi) is 8.93. The molecule has 0 aromatic heterocycles. The van der Waals surface area contributed by atoms with Gasteiger partial charge in [-0.05, 0) is 61.6 Å². The lowest BCUT2D eigenvalue weighted by atomic mass is 9.97. The summed E-state index contributed by atoms with van der Waals surface area (Å²) in [6.45, 7) is 5.97. The number of aryl methyl sites for hydroxylation is 2. The molecule has 0 heterocycles. The van der Waals surface area contributed by atoms with E-state index < -0.39 is 10.0 Å². The van der Waals surface area contributed by atoms with E-state index in [9.17, 15) is 13.2 Å². The summed E-state index contributed by atoms with van der Waals surface area (Å²) in [7, 11) is -2.53. The van der Waals surface area contributed by atoms with Crippen molar-refractivity contribution in [2.45, 2.75) is 38.5 Å². The van der Waals surface area contributed by atoms with Crippen molar-refractivity contribution < 1.29 is 17.9 Å². The first-order valence-electron chi connectivity index (χ1n) is 11.8. The summed E-state index contributed by atoms with van der Waals surface area (Å²) in [5.74, 6) is 0.266. The van der Waals surface area contributed by atoms with Crippen LogP contribution in [0.5, 0.6) is 5.75 Å². The number of hydrogen-bond acceptors (Lipinski definition) is 4.